The number of anilines is 1. The van der Waals surface area contributed by atoms with Crippen LogP contribution in [0.1, 0.15) is 12.8 Å². The Morgan fingerprint density at radius 2 is 1.78 bits per heavy atom. The van der Waals surface area contributed by atoms with Crippen LogP contribution in [-0.2, 0) is 13.1 Å². The standard InChI is InChI=1S/C18H25FN6O2/c19-6-10-24-17(26)15-21-25(18(24)27)9-4-3-8-22-11-13-23(14-12-22)16-5-1-2-7-20-16/h1-2,5,7,15H,3-4,6,8-14H2. The Balaban J connectivity index is 1.42. The van der Waals surface area contributed by atoms with E-state index in [0.29, 0.717) is 6.54 Å². The fraction of sp³-hybridized carbons (Fsp3) is 0.556. The highest BCUT2D eigenvalue weighted by Crippen LogP contribution is 2.12. The zero-order chi connectivity index (χ0) is 19.1. The first-order valence-corrected chi connectivity index (χ1v) is 9.30. The maximum Gasteiger partial charge on any atom is 0.347 e. The van der Waals surface area contributed by atoms with Crippen molar-refractivity contribution in [1.82, 2.24) is 24.2 Å². The highest BCUT2D eigenvalue weighted by molar-refractivity contribution is 5.38. The molecule has 146 valence electrons. The molecule has 0 N–H and O–H groups in total. The van der Waals surface area contributed by atoms with Crippen molar-refractivity contribution in [3.63, 3.8) is 0 Å². The zero-order valence-electron chi connectivity index (χ0n) is 15.3. The van der Waals surface area contributed by atoms with Crippen LogP contribution in [0.15, 0.2) is 40.2 Å². The van der Waals surface area contributed by atoms with Crippen LogP contribution in [0.3, 0.4) is 0 Å². The molecular formula is C18H25FN6O2. The van der Waals surface area contributed by atoms with Crippen molar-refractivity contribution in [1.29, 1.82) is 0 Å². The molecule has 0 unspecified atom stereocenters. The summed E-state index contributed by atoms with van der Waals surface area (Å²) in [7, 11) is 0. The van der Waals surface area contributed by atoms with Crippen molar-refractivity contribution in [3.8, 4) is 0 Å². The number of piperazine rings is 1. The number of hydrogen-bond donors (Lipinski definition) is 0. The number of nitrogens with zero attached hydrogens (tertiary/aromatic N) is 6. The molecule has 0 aliphatic carbocycles. The van der Waals surface area contributed by atoms with Gasteiger partial charge < -0.3 is 4.90 Å². The van der Waals surface area contributed by atoms with Crippen molar-refractivity contribution in [3.05, 3.63) is 51.4 Å². The van der Waals surface area contributed by atoms with E-state index in [1.165, 1.54) is 4.68 Å². The summed E-state index contributed by atoms with van der Waals surface area (Å²) in [6, 6.07) is 5.95. The number of hydrogen-bond acceptors (Lipinski definition) is 6. The third kappa shape index (κ3) is 5.00. The molecule has 0 bridgehead atoms. The molecule has 9 heteroatoms. The minimum Gasteiger partial charge on any atom is -0.354 e. The van der Waals surface area contributed by atoms with Gasteiger partial charge >= 0.3 is 5.69 Å². The van der Waals surface area contributed by atoms with E-state index < -0.39 is 17.9 Å². The monoisotopic (exact) mass is 376 g/mol. The summed E-state index contributed by atoms with van der Waals surface area (Å²) in [5.74, 6) is 1.02. The van der Waals surface area contributed by atoms with Gasteiger partial charge in [0.1, 0.15) is 18.7 Å². The van der Waals surface area contributed by atoms with Crippen molar-refractivity contribution in [2.45, 2.75) is 25.9 Å². The van der Waals surface area contributed by atoms with Gasteiger partial charge in [-0.3, -0.25) is 14.3 Å². The Bertz CT molecular complexity index is 830. The second-order valence-corrected chi connectivity index (χ2v) is 6.55. The number of aryl methyl sites for hydroxylation is 1. The van der Waals surface area contributed by atoms with Gasteiger partial charge in [0, 0.05) is 38.9 Å². The molecule has 3 rings (SSSR count). The quantitative estimate of drug-likeness (QED) is 0.620. The molecule has 0 spiro atoms. The van der Waals surface area contributed by atoms with Crippen LogP contribution in [0.25, 0.3) is 0 Å². The minimum atomic E-state index is -0.746. The first-order valence-electron chi connectivity index (χ1n) is 9.30. The van der Waals surface area contributed by atoms with Crippen molar-refractivity contribution in [2.75, 3.05) is 44.3 Å². The van der Waals surface area contributed by atoms with Crippen LogP contribution >= 0.6 is 0 Å². The topological polar surface area (TPSA) is 76.3 Å². The fourth-order valence-corrected chi connectivity index (χ4v) is 3.25. The molecule has 8 nitrogen and oxygen atoms in total. The van der Waals surface area contributed by atoms with Crippen molar-refractivity contribution < 1.29 is 4.39 Å². The Hall–Kier alpha value is -2.55. The highest BCUT2D eigenvalue weighted by Gasteiger charge is 2.17. The van der Waals surface area contributed by atoms with E-state index in [9.17, 15) is 14.0 Å². The summed E-state index contributed by atoms with van der Waals surface area (Å²) in [4.78, 5) is 32.8. The number of pyridine rings is 1. The maximum absolute atomic E-state index is 12.5. The number of halogens is 1. The van der Waals surface area contributed by atoms with Gasteiger partial charge in [-0.15, -0.1) is 0 Å². The van der Waals surface area contributed by atoms with Crippen LogP contribution in [0.2, 0.25) is 0 Å². The second kappa shape index (κ2) is 9.40. The van der Waals surface area contributed by atoms with E-state index in [2.05, 4.69) is 19.9 Å². The van der Waals surface area contributed by atoms with Crippen molar-refractivity contribution >= 4 is 5.82 Å². The number of rotatable bonds is 8. The predicted molar refractivity (Wildman–Crippen MR) is 101 cm³/mol. The summed E-state index contributed by atoms with van der Waals surface area (Å²) >= 11 is 0. The third-order valence-electron chi connectivity index (χ3n) is 4.77. The molecule has 1 aliphatic rings. The Morgan fingerprint density at radius 1 is 1.00 bits per heavy atom. The summed E-state index contributed by atoms with van der Waals surface area (Å²) < 4.78 is 14.6. The van der Waals surface area contributed by atoms with Gasteiger partial charge in [-0.05, 0) is 31.5 Å². The highest BCUT2D eigenvalue weighted by atomic mass is 19.1. The maximum atomic E-state index is 12.5. The molecule has 2 aromatic heterocycles. The Kier molecular flexibility index (Phi) is 6.69. The first-order chi connectivity index (χ1) is 13.2. The summed E-state index contributed by atoms with van der Waals surface area (Å²) in [5, 5.41) is 3.87. The van der Waals surface area contributed by atoms with Gasteiger partial charge in [0.25, 0.3) is 5.56 Å². The average molecular weight is 376 g/mol. The summed E-state index contributed by atoms with van der Waals surface area (Å²) in [6.45, 7) is 4.28. The molecule has 0 saturated carbocycles. The lowest BCUT2D eigenvalue weighted by atomic mass is 10.2. The van der Waals surface area contributed by atoms with Crippen LogP contribution in [0.5, 0.6) is 0 Å². The molecule has 3 heterocycles. The van der Waals surface area contributed by atoms with Crippen LogP contribution in [0, 0.1) is 0 Å². The van der Waals surface area contributed by atoms with E-state index in [1.807, 2.05) is 24.4 Å². The number of unbranched alkanes of at least 4 members (excludes halogenated alkanes) is 1. The van der Waals surface area contributed by atoms with Gasteiger partial charge in [-0.2, -0.15) is 5.10 Å². The SMILES string of the molecule is O=c1cnn(CCCCN2CCN(c3ccccn3)CC2)c(=O)n1CCF. The Morgan fingerprint density at radius 3 is 2.48 bits per heavy atom. The summed E-state index contributed by atoms with van der Waals surface area (Å²) in [5.41, 5.74) is -1.09. The molecule has 1 saturated heterocycles. The average Bonchev–Trinajstić information content (AvgIpc) is 2.71. The number of aromatic nitrogens is 4. The lowest BCUT2D eigenvalue weighted by molar-refractivity contribution is 0.249. The lowest BCUT2D eigenvalue weighted by Gasteiger charge is -2.35. The van der Waals surface area contributed by atoms with Crippen molar-refractivity contribution in [2.24, 2.45) is 0 Å². The molecule has 1 aliphatic heterocycles. The largest absolute Gasteiger partial charge is 0.354 e. The van der Waals surface area contributed by atoms with E-state index in [4.69, 9.17) is 0 Å². The molecule has 2 aromatic rings. The lowest BCUT2D eigenvalue weighted by Crippen LogP contribution is -2.47. The molecule has 0 radical (unpaired) electrons. The molecule has 0 atom stereocenters. The second-order valence-electron chi connectivity index (χ2n) is 6.55. The van der Waals surface area contributed by atoms with E-state index in [-0.39, 0.29) is 6.54 Å². The molecule has 27 heavy (non-hydrogen) atoms. The normalized spacial score (nSPS) is 15.2. The number of alkyl halides is 1. The summed E-state index contributed by atoms with van der Waals surface area (Å²) in [6.07, 6.45) is 4.60. The molecule has 0 amide bonds. The molecule has 0 aromatic carbocycles. The van der Waals surface area contributed by atoms with Gasteiger partial charge in [0.2, 0.25) is 0 Å². The molecule has 1 fully saturated rings. The van der Waals surface area contributed by atoms with Gasteiger partial charge in [-0.25, -0.2) is 18.9 Å². The first kappa shape index (κ1) is 19.2. The van der Waals surface area contributed by atoms with Crippen LogP contribution < -0.4 is 16.1 Å². The fourth-order valence-electron chi connectivity index (χ4n) is 3.25. The minimum absolute atomic E-state index is 0.221. The third-order valence-corrected chi connectivity index (χ3v) is 4.77. The van der Waals surface area contributed by atoms with Gasteiger partial charge in [0.15, 0.2) is 0 Å². The van der Waals surface area contributed by atoms with E-state index in [0.717, 1.165) is 62.1 Å². The van der Waals surface area contributed by atoms with Gasteiger partial charge in [0.05, 0.1) is 6.54 Å². The predicted octanol–water partition coefficient (Wildman–Crippen LogP) is 0.372. The van der Waals surface area contributed by atoms with Gasteiger partial charge in [-0.1, -0.05) is 6.07 Å². The van der Waals surface area contributed by atoms with E-state index in [1.54, 1.807) is 0 Å². The smallest absolute Gasteiger partial charge is 0.347 e. The van der Waals surface area contributed by atoms with Crippen LogP contribution in [-0.4, -0.2) is 63.6 Å². The van der Waals surface area contributed by atoms with Crippen LogP contribution in [0.4, 0.5) is 10.2 Å². The molecular weight excluding hydrogens is 351 g/mol. The zero-order valence-corrected chi connectivity index (χ0v) is 15.3. The van der Waals surface area contributed by atoms with E-state index >= 15 is 0 Å². The Labute approximate surface area is 156 Å².